The van der Waals surface area contributed by atoms with E-state index >= 15 is 0 Å². The van der Waals surface area contributed by atoms with Gasteiger partial charge in [0, 0.05) is 24.5 Å². The third-order valence-corrected chi connectivity index (χ3v) is 5.33. The lowest BCUT2D eigenvalue weighted by atomic mass is 9.97. The smallest absolute Gasteiger partial charge is 0.249 e. The number of amides is 2. The Balaban J connectivity index is 2.00. The average Bonchev–Trinajstić information content (AvgIpc) is 2.78. The number of hydrogen-bond donors (Lipinski definition) is 3. The number of nitrogens with zero attached hydrogens (tertiary/aromatic N) is 2. The van der Waals surface area contributed by atoms with E-state index in [1.807, 2.05) is 60.7 Å². The quantitative estimate of drug-likeness (QED) is 0.607. The van der Waals surface area contributed by atoms with E-state index in [0.29, 0.717) is 13.1 Å². The summed E-state index contributed by atoms with van der Waals surface area (Å²) in [6.45, 7) is 0.984. The zero-order valence-corrected chi connectivity index (χ0v) is 16.4. The third-order valence-electron chi connectivity index (χ3n) is 5.33. The molecule has 1 unspecified atom stereocenters. The molecule has 0 fully saturated rings. The minimum atomic E-state index is -0.708. The van der Waals surface area contributed by atoms with Gasteiger partial charge in [0.05, 0.1) is 28.5 Å². The Labute approximate surface area is 174 Å². The zero-order chi connectivity index (χ0) is 21.3. The van der Waals surface area contributed by atoms with E-state index in [4.69, 9.17) is 17.2 Å². The van der Waals surface area contributed by atoms with Gasteiger partial charge in [-0.25, -0.2) is 0 Å². The fourth-order valence-corrected chi connectivity index (χ4v) is 3.95. The van der Waals surface area contributed by atoms with Gasteiger partial charge in [0.25, 0.3) is 0 Å². The minimum absolute atomic E-state index is 0.0692. The minimum Gasteiger partial charge on any atom is -0.366 e. The highest BCUT2D eigenvalue weighted by Crippen LogP contribution is 2.44. The van der Waals surface area contributed by atoms with E-state index in [1.165, 1.54) is 0 Å². The predicted octanol–water partition coefficient (Wildman–Crippen LogP) is 2.50. The maximum absolute atomic E-state index is 12.1. The van der Waals surface area contributed by atoms with Crippen LogP contribution in [0.5, 0.6) is 0 Å². The van der Waals surface area contributed by atoms with Crippen LogP contribution >= 0.6 is 0 Å². The third kappa shape index (κ3) is 3.35. The molecule has 1 aliphatic rings. The maximum atomic E-state index is 12.1. The zero-order valence-electron chi connectivity index (χ0n) is 16.4. The van der Waals surface area contributed by atoms with Crippen LogP contribution in [-0.4, -0.2) is 30.9 Å². The molecule has 0 bridgehead atoms. The molecule has 0 aliphatic carbocycles. The second kappa shape index (κ2) is 7.88. The van der Waals surface area contributed by atoms with Crippen LogP contribution in [-0.2, 0) is 0 Å². The Bertz CT molecular complexity index is 1090. The molecule has 1 atom stereocenters. The first kappa shape index (κ1) is 19.5. The number of primary amides is 2. The van der Waals surface area contributed by atoms with Crippen molar-refractivity contribution in [2.75, 3.05) is 22.9 Å². The number of benzene rings is 3. The number of para-hydroxylation sites is 2. The summed E-state index contributed by atoms with van der Waals surface area (Å²) in [4.78, 5) is 28.4. The molecule has 7 heteroatoms. The van der Waals surface area contributed by atoms with E-state index in [0.717, 1.165) is 22.7 Å². The van der Waals surface area contributed by atoms with Gasteiger partial charge in [-0.3, -0.25) is 9.59 Å². The van der Waals surface area contributed by atoms with Gasteiger partial charge in [-0.2, -0.15) is 0 Å². The van der Waals surface area contributed by atoms with Gasteiger partial charge in [0.1, 0.15) is 0 Å². The van der Waals surface area contributed by atoms with Crippen LogP contribution in [0.25, 0.3) is 0 Å². The van der Waals surface area contributed by atoms with Crippen LogP contribution in [0.3, 0.4) is 0 Å². The highest BCUT2D eigenvalue weighted by atomic mass is 16.2. The summed E-state index contributed by atoms with van der Waals surface area (Å²) in [5.41, 5.74) is 20.9. The lowest BCUT2D eigenvalue weighted by molar-refractivity contribution is 0.0967. The molecule has 1 heterocycles. The second-order valence-corrected chi connectivity index (χ2v) is 7.16. The van der Waals surface area contributed by atoms with Crippen LogP contribution in [0.15, 0.2) is 72.8 Å². The molecule has 0 aromatic heterocycles. The summed E-state index contributed by atoms with van der Waals surface area (Å²) in [7, 11) is 0. The van der Waals surface area contributed by atoms with Crippen molar-refractivity contribution in [1.82, 2.24) is 0 Å². The van der Waals surface area contributed by atoms with Gasteiger partial charge in [-0.1, -0.05) is 36.4 Å². The molecule has 1 aliphatic heterocycles. The van der Waals surface area contributed by atoms with Gasteiger partial charge in [-0.15, -0.1) is 0 Å². The van der Waals surface area contributed by atoms with Crippen LogP contribution in [0.1, 0.15) is 20.7 Å². The molecule has 4 rings (SSSR count). The number of fused-ring (bicyclic) bond motifs is 1. The molecule has 0 spiro atoms. The molecular formula is C23H23N5O2. The van der Waals surface area contributed by atoms with Gasteiger partial charge in [0.2, 0.25) is 11.8 Å². The molecular weight excluding hydrogens is 378 g/mol. The molecule has 0 saturated carbocycles. The van der Waals surface area contributed by atoms with Crippen molar-refractivity contribution in [2.45, 2.75) is 6.04 Å². The van der Waals surface area contributed by atoms with Crippen LogP contribution < -0.4 is 27.0 Å². The Kier molecular flexibility index (Phi) is 5.12. The molecule has 7 nitrogen and oxygen atoms in total. The Morgan fingerprint density at radius 2 is 1.30 bits per heavy atom. The highest BCUT2D eigenvalue weighted by Gasteiger charge is 2.34. The summed E-state index contributed by atoms with van der Waals surface area (Å²) < 4.78 is 0. The Hall–Kier alpha value is -3.84. The number of nitrogens with two attached hydrogens (primary N) is 3. The molecule has 2 amide bonds. The summed E-state index contributed by atoms with van der Waals surface area (Å²) in [6, 6.07) is 22.8. The van der Waals surface area contributed by atoms with E-state index in [1.54, 1.807) is 12.1 Å². The monoisotopic (exact) mass is 401 g/mol. The Morgan fingerprint density at radius 3 is 1.80 bits per heavy atom. The number of carbonyl (C=O) groups is 2. The summed E-state index contributed by atoms with van der Waals surface area (Å²) >= 11 is 0. The first-order valence-electron chi connectivity index (χ1n) is 9.66. The highest BCUT2D eigenvalue weighted by molar-refractivity contribution is 6.09. The topological polar surface area (TPSA) is 119 Å². The van der Waals surface area contributed by atoms with Gasteiger partial charge >= 0.3 is 0 Å². The molecule has 3 aromatic carbocycles. The van der Waals surface area contributed by atoms with Crippen molar-refractivity contribution >= 4 is 34.6 Å². The van der Waals surface area contributed by atoms with Crippen molar-refractivity contribution in [2.24, 2.45) is 17.2 Å². The van der Waals surface area contributed by atoms with Crippen molar-refractivity contribution in [3.8, 4) is 0 Å². The summed E-state index contributed by atoms with van der Waals surface area (Å²) in [5.74, 6) is -1.41. The van der Waals surface area contributed by atoms with E-state index < -0.39 is 11.8 Å². The first-order chi connectivity index (χ1) is 14.5. The van der Waals surface area contributed by atoms with Crippen molar-refractivity contribution < 1.29 is 9.59 Å². The molecule has 6 N–H and O–H groups in total. The summed E-state index contributed by atoms with van der Waals surface area (Å²) in [5, 5.41) is 0. The predicted molar refractivity (Wildman–Crippen MR) is 118 cm³/mol. The number of rotatable bonds is 5. The van der Waals surface area contributed by atoms with Crippen LogP contribution in [0, 0.1) is 0 Å². The van der Waals surface area contributed by atoms with Crippen molar-refractivity contribution in [3.63, 3.8) is 0 Å². The molecule has 0 saturated heterocycles. The van der Waals surface area contributed by atoms with E-state index in [-0.39, 0.29) is 17.2 Å². The molecule has 30 heavy (non-hydrogen) atoms. The number of carbonyl (C=O) groups excluding carboxylic acids is 2. The lowest BCUT2D eigenvalue weighted by Crippen LogP contribution is -2.49. The first-order valence-corrected chi connectivity index (χ1v) is 9.66. The van der Waals surface area contributed by atoms with E-state index in [9.17, 15) is 9.59 Å². The fourth-order valence-electron chi connectivity index (χ4n) is 3.95. The van der Waals surface area contributed by atoms with Crippen LogP contribution in [0.4, 0.5) is 22.7 Å². The largest absolute Gasteiger partial charge is 0.366 e. The lowest BCUT2D eigenvalue weighted by Gasteiger charge is -2.44. The average molecular weight is 401 g/mol. The van der Waals surface area contributed by atoms with Crippen molar-refractivity contribution in [3.05, 3.63) is 83.9 Å². The van der Waals surface area contributed by atoms with Gasteiger partial charge in [0.15, 0.2) is 0 Å². The normalized spacial score (nSPS) is 15.6. The molecule has 0 radical (unpaired) electrons. The fraction of sp³-hybridized carbons (Fsp3) is 0.130. The number of anilines is 4. The van der Waals surface area contributed by atoms with Crippen molar-refractivity contribution in [1.29, 1.82) is 0 Å². The van der Waals surface area contributed by atoms with Crippen LogP contribution in [0.2, 0.25) is 0 Å². The Morgan fingerprint density at radius 1 is 0.800 bits per heavy atom. The maximum Gasteiger partial charge on any atom is 0.249 e. The van der Waals surface area contributed by atoms with E-state index in [2.05, 4.69) is 9.80 Å². The summed E-state index contributed by atoms with van der Waals surface area (Å²) in [6.07, 6.45) is 0. The number of hydrogen-bond acceptors (Lipinski definition) is 5. The standard InChI is InChI=1S/C23H23N5O2/c24-13-17-14-27(15-7-3-1-4-8-15)20-11-18(22(25)29)19(23(26)30)12-21(20)28(17)16-9-5-2-6-10-16/h1-12,17H,13-14,24H2,(H2,25,29)(H2,26,30). The second-order valence-electron chi connectivity index (χ2n) is 7.16. The molecule has 3 aromatic rings. The van der Waals surface area contributed by atoms with Gasteiger partial charge < -0.3 is 27.0 Å². The van der Waals surface area contributed by atoms with Gasteiger partial charge in [-0.05, 0) is 36.4 Å². The molecule has 152 valence electrons. The SMILES string of the molecule is NCC1CN(c2ccccc2)c2cc(C(N)=O)c(C(N)=O)cc2N1c1ccccc1.